The van der Waals surface area contributed by atoms with Gasteiger partial charge in [-0.05, 0) is 43.4 Å². The van der Waals surface area contributed by atoms with Gasteiger partial charge in [0, 0.05) is 26.2 Å². The van der Waals surface area contributed by atoms with Gasteiger partial charge in [-0.3, -0.25) is 4.99 Å². The number of ether oxygens (including phenoxy) is 1. The van der Waals surface area contributed by atoms with Crippen LogP contribution in [0.25, 0.3) is 0 Å². The van der Waals surface area contributed by atoms with E-state index >= 15 is 0 Å². The molecule has 0 spiro atoms. The average Bonchev–Trinajstić information content (AvgIpc) is 3.12. The molecule has 7 nitrogen and oxygen atoms in total. The predicted octanol–water partition coefficient (Wildman–Crippen LogP) is 2.37. The molecular formula is C20H34N4O3S. The van der Waals surface area contributed by atoms with Gasteiger partial charge < -0.3 is 15.4 Å². The van der Waals surface area contributed by atoms with Crippen molar-refractivity contribution in [1.29, 1.82) is 0 Å². The number of benzene rings is 1. The number of rotatable bonds is 8. The maximum absolute atomic E-state index is 11.9. The van der Waals surface area contributed by atoms with Crippen LogP contribution in [-0.2, 0) is 10.0 Å². The molecule has 1 aromatic rings. The van der Waals surface area contributed by atoms with Gasteiger partial charge in [-0.2, -0.15) is 4.31 Å². The Bertz CT molecular complexity index is 747. The van der Waals surface area contributed by atoms with E-state index in [2.05, 4.69) is 36.4 Å². The lowest BCUT2D eigenvalue weighted by Crippen LogP contribution is -2.46. The zero-order valence-corrected chi connectivity index (χ0v) is 18.4. The highest BCUT2D eigenvalue weighted by molar-refractivity contribution is 7.88. The first-order chi connectivity index (χ1) is 13.2. The average molecular weight is 411 g/mol. The summed E-state index contributed by atoms with van der Waals surface area (Å²) in [5.41, 5.74) is 1.12. The number of guanidine groups is 1. The summed E-state index contributed by atoms with van der Waals surface area (Å²) in [4.78, 5) is 4.27. The second-order valence-corrected chi connectivity index (χ2v) is 9.70. The predicted molar refractivity (Wildman–Crippen MR) is 114 cm³/mol. The fourth-order valence-corrected chi connectivity index (χ4v) is 4.45. The number of nitrogens with zero attached hydrogens (tertiary/aromatic N) is 2. The van der Waals surface area contributed by atoms with E-state index in [0.717, 1.165) is 24.2 Å². The monoisotopic (exact) mass is 410 g/mol. The molecule has 0 amide bonds. The molecule has 0 bridgehead atoms. The Morgan fingerprint density at radius 3 is 2.54 bits per heavy atom. The number of hydrogen-bond acceptors (Lipinski definition) is 4. The van der Waals surface area contributed by atoms with Crippen LogP contribution < -0.4 is 15.4 Å². The summed E-state index contributed by atoms with van der Waals surface area (Å²) in [6, 6.07) is 8.08. The first-order valence-electron chi connectivity index (χ1n) is 9.87. The molecule has 158 valence electrons. The second-order valence-electron chi connectivity index (χ2n) is 7.76. The van der Waals surface area contributed by atoms with Crippen molar-refractivity contribution in [3.63, 3.8) is 0 Å². The Morgan fingerprint density at radius 1 is 1.29 bits per heavy atom. The van der Waals surface area contributed by atoms with Gasteiger partial charge in [0.05, 0.1) is 18.9 Å². The number of aliphatic imine (C=N–C) groups is 1. The zero-order chi connectivity index (χ0) is 20.7. The molecule has 1 saturated heterocycles. The highest BCUT2D eigenvalue weighted by Gasteiger charge is 2.31. The molecule has 1 aliphatic heterocycles. The van der Waals surface area contributed by atoms with Crippen LogP contribution in [0.3, 0.4) is 0 Å². The summed E-state index contributed by atoms with van der Waals surface area (Å²) in [6.45, 7) is 8.16. The van der Waals surface area contributed by atoms with Crippen LogP contribution in [0.1, 0.15) is 45.2 Å². The Morgan fingerprint density at radius 2 is 1.96 bits per heavy atom. The Balaban J connectivity index is 1.88. The van der Waals surface area contributed by atoms with Gasteiger partial charge in [-0.1, -0.05) is 26.0 Å². The van der Waals surface area contributed by atoms with Gasteiger partial charge in [0.15, 0.2) is 5.96 Å². The van der Waals surface area contributed by atoms with Crippen LogP contribution in [0, 0.1) is 5.92 Å². The van der Waals surface area contributed by atoms with Gasteiger partial charge >= 0.3 is 0 Å². The molecule has 0 aliphatic carbocycles. The molecule has 2 N–H and O–H groups in total. The molecular weight excluding hydrogens is 376 g/mol. The smallest absolute Gasteiger partial charge is 0.211 e. The molecule has 2 atom stereocenters. The van der Waals surface area contributed by atoms with E-state index in [-0.39, 0.29) is 12.1 Å². The van der Waals surface area contributed by atoms with E-state index in [4.69, 9.17) is 4.74 Å². The molecule has 0 saturated carbocycles. The lowest BCUT2D eigenvalue weighted by atomic mass is 10.1. The van der Waals surface area contributed by atoms with Gasteiger partial charge in [-0.25, -0.2) is 8.42 Å². The Hall–Kier alpha value is -1.80. The van der Waals surface area contributed by atoms with Crippen LogP contribution in [0.5, 0.6) is 5.75 Å². The Kier molecular flexibility index (Phi) is 8.12. The summed E-state index contributed by atoms with van der Waals surface area (Å²) >= 11 is 0. The van der Waals surface area contributed by atoms with Crippen LogP contribution in [0.2, 0.25) is 0 Å². The fourth-order valence-electron chi connectivity index (χ4n) is 3.26. The summed E-state index contributed by atoms with van der Waals surface area (Å²) in [7, 11) is -1.45. The maximum Gasteiger partial charge on any atom is 0.211 e. The van der Waals surface area contributed by atoms with Crippen molar-refractivity contribution in [2.75, 3.05) is 33.0 Å². The SMILES string of the molecule is CN=C(NC[C@H]1CCCN1S(C)(=O)=O)NC(C)c1ccc(OCC(C)C)cc1. The quantitative estimate of drug-likeness (QED) is 0.508. The van der Waals surface area contributed by atoms with E-state index in [9.17, 15) is 8.42 Å². The lowest BCUT2D eigenvalue weighted by Gasteiger charge is -2.24. The largest absolute Gasteiger partial charge is 0.493 e. The minimum absolute atomic E-state index is 0.0266. The molecule has 1 fully saturated rings. The fraction of sp³-hybridized carbons (Fsp3) is 0.650. The maximum atomic E-state index is 11.9. The van der Waals surface area contributed by atoms with E-state index < -0.39 is 10.0 Å². The van der Waals surface area contributed by atoms with Crippen molar-refractivity contribution in [2.24, 2.45) is 10.9 Å². The minimum Gasteiger partial charge on any atom is -0.493 e. The number of sulfonamides is 1. The molecule has 28 heavy (non-hydrogen) atoms. The number of hydrogen-bond donors (Lipinski definition) is 2. The van der Waals surface area contributed by atoms with Crippen molar-refractivity contribution in [3.05, 3.63) is 29.8 Å². The Labute approximate surface area is 169 Å². The van der Waals surface area contributed by atoms with Crippen LogP contribution in [0.15, 0.2) is 29.3 Å². The first kappa shape index (κ1) is 22.5. The van der Waals surface area contributed by atoms with Crippen molar-refractivity contribution in [2.45, 2.75) is 45.7 Å². The first-order valence-corrected chi connectivity index (χ1v) is 11.7. The summed E-state index contributed by atoms with van der Waals surface area (Å²) in [5.74, 6) is 2.02. The summed E-state index contributed by atoms with van der Waals surface area (Å²) in [5, 5.41) is 6.63. The van der Waals surface area contributed by atoms with E-state index in [1.165, 1.54) is 6.26 Å². The molecule has 8 heteroatoms. The normalized spacial score (nSPS) is 19.6. The number of nitrogens with one attached hydrogen (secondary N) is 2. The van der Waals surface area contributed by atoms with Crippen molar-refractivity contribution in [3.8, 4) is 5.75 Å². The summed E-state index contributed by atoms with van der Waals surface area (Å²) < 4.78 is 31.1. The van der Waals surface area contributed by atoms with E-state index in [1.54, 1.807) is 11.4 Å². The van der Waals surface area contributed by atoms with Gasteiger partial charge in [0.1, 0.15) is 5.75 Å². The highest BCUT2D eigenvalue weighted by Crippen LogP contribution is 2.20. The van der Waals surface area contributed by atoms with E-state index in [1.807, 2.05) is 24.3 Å². The van der Waals surface area contributed by atoms with Crippen molar-refractivity contribution in [1.82, 2.24) is 14.9 Å². The van der Waals surface area contributed by atoms with Crippen molar-refractivity contribution < 1.29 is 13.2 Å². The molecule has 1 unspecified atom stereocenters. The molecule has 2 rings (SSSR count). The molecule has 1 aromatic carbocycles. The van der Waals surface area contributed by atoms with Crippen molar-refractivity contribution >= 4 is 16.0 Å². The minimum atomic E-state index is -3.17. The second kappa shape index (κ2) is 10.1. The highest BCUT2D eigenvalue weighted by atomic mass is 32.2. The van der Waals surface area contributed by atoms with Crippen LogP contribution in [-0.4, -0.2) is 57.7 Å². The topological polar surface area (TPSA) is 83.0 Å². The molecule has 1 heterocycles. The van der Waals surface area contributed by atoms with Crippen LogP contribution >= 0.6 is 0 Å². The third-order valence-electron chi connectivity index (χ3n) is 4.79. The van der Waals surface area contributed by atoms with Gasteiger partial charge in [0.2, 0.25) is 10.0 Å². The third kappa shape index (κ3) is 6.67. The lowest BCUT2D eigenvalue weighted by molar-refractivity contribution is 0.271. The van der Waals surface area contributed by atoms with Crippen LogP contribution in [0.4, 0.5) is 0 Å². The van der Waals surface area contributed by atoms with Gasteiger partial charge in [0.25, 0.3) is 0 Å². The zero-order valence-electron chi connectivity index (χ0n) is 17.6. The molecule has 0 aromatic heterocycles. The third-order valence-corrected chi connectivity index (χ3v) is 6.13. The summed E-state index contributed by atoms with van der Waals surface area (Å²) in [6.07, 6.45) is 3.03. The van der Waals surface area contributed by atoms with Gasteiger partial charge in [-0.15, -0.1) is 0 Å². The molecule has 0 radical (unpaired) electrons. The molecule has 1 aliphatic rings. The van der Waals surface area contributed by atoms with E-state index in [0.29, 0.717) is 31.6 Å². The standard InChI is InChI=1S/C20H34N4O3S/c1-15(2)14-27-19-10-8-17(9-11-19)16(3)23-20(21-4)22-13-18-7-6-12-24(18)28(5,25)26/h8-11,15-16,18H,6-7,12-14H2,1-5H3,(H2,21,22,23)/t16?,18-/m1/s1.